The summed E-state index contributed by atoms with van der Waals surface area (Å²) >= 11 is 16.4. The largest absolute Gasteiger partial charge is 0.423 e. The fourth-order valence-corrected chi connectivity index (χ4v) is 3.97. The number of benzene rings is 2. The summed E-state index contributed by atoms with van der Waals surface area (Å²) in [7, 11) is 0. The molecule has 11 heteroatoms. The van der Waals surface area contributed by atoms with Gasteiger partial charge in [-0.3, -0.25) is 4.79 Å². The lowest BCUT2D eigenvalue weighted by Crippen LogP contribution is -2.47. The second kappa shape index (κ2) is 10.5. The molecule has 2 aromatic carbocycles. The molecule has 4 nitrogen and oxygen atoms in total. The number of halogens is 6. The molecule has 0 aliphatic carbocycles. The normalized spacial score (nSPS) is 13.6. The monoisotopic (exact) mass is 544 g/mol. The molecular weight excluding hydrogens is 528 g/mol. The Hall–Kier alpha value is -1.13. The molecule has 164 valence electrons. The van der Waals surface area contributed by atoms with E-state index in [1.165, 1.54) is 17.8 Å². The first-order valence-corrected chi connectivity index (χ1v) is 11.4. The second-order valence-corrected chi connectivity index (χ2v) is 8.98. The third-order valence-electron chi connectivity index (χ3n) is 4.16. The molecule has 2 aromatic rings. The van der Waals surface area contributed by atoms with Gasteiger partial charge in [0.25, 0.3) is 0 Å². The Morgan fingerprint density at radius 1 is 1.17 bits per heavy atom. The van der Waals surface area contributed by atoms with E-state index in [0.717, 1.165) is 17.7 Å². The highest BCUT2D eigenvalue weighted by Crippen LogP contribution is 2.41. The van der Waals surface area contributed by atoms with Crippen LogP contribution in [-0.2, 0) is 16.9 Å². The summed E-state index contributed by atoms with van der Waals surface area (Å²) in [6.07, 6.45) is -3.16. The molecule has 0 aliphatic heterocycles. The maximum atomic E-state index is 13.7. The van der Waals surface area contributed by atoms with Crippen molar-refractivity contribution in [1.29, 1.82) is 0 Å². The minimum absolute atomic E-state index is 0.0178. The van der Waals surface area contributed by atoms with Gasteiger partial charge < -0.3 is 15.7 Å². The highest BCUT2D eigenvalue weighted by atomic mass is 79.9. The van der Waals surface area contributed by atoms with Crippen molar-refractivity contribution in [1.82, 2.24) is 5.32 Å². The van der Waals surface area contributed by atoms with Crippen LogP contribution in [0.25, 0.3) is 0 Å². The Bertz CT molecular complexity index is 898. The van der Waals surface area contributed by atoms with Gasteiger partial charge in [0.05, 0.1) is 12.3 Å². The third kappa shape index (κ3) is 6.43. The van der Waals surface area contributed by atoms with Crippen molar-refractivity contribution in [3.05, 3.63) is 62.0 Å². The van der Waals surface area contributed by atoms with E-state index in [-0.39, 0.29) is 22.5 Å². The van der Waals surface area contributed by atoms with Gasteiger partial charge in [0.1, 0.15) is 0 Å². The first kappa shape index (κ1) is 25.1. The lowest BCUT2D eigenvalue weighted by molar-refractivity contribution is -0.260. The second-order valence-electron chi connectivity index (χ2n) is 6.39. The minimum atomic E-state index is -4.98. The molecule has 0 heterocycles. The molecule has 0 fully saturated rings. The van der Waals surface area contributed by atoms with E-state index in [4.69, 9.17) is 23.2 Å². The molecule has 0 spiro atoms. The van der Waals surface area contributed by atoms with Crippen molar-refractivity contribution in [2.45, 2.75) is 18.3 Å². The van der Waals surface area contributed by atoms with Crippen molar-refractivity contribution in [2.24, 2.45) is 0 Å². The van der Waals surface area contributed by atoms with E-state index in [1.54, 1.807) is 18.2 Å². The molecule has 0 saturated carbocycles. The molecule has 2 rings (SSSR count). The summed E-state index contributed by atoms with van der Waals surface area (Å²) in [4.78, 5) is 11.6. The zero-order valence-corrected chi connectivity index (χ0v) is 19.5. The molecule has 0 aromatic heterocycles. The van der Waals surface area contributed by atoms with Gasteiger partial charge in [-0.05, 0) is 47.7 Å². The van der Waals surface area contributed by atoms with Crippen LogP contribution in [0.15, 0.2) is 40.9 Å². The number of alkyl halides is 3. The fourth-order valence-electron chi connectivity index (χ4n) is 2.57. The molecule has 1 amide bonds. The average Bonchev–Trinajstić information content (AvgIpc) is 2.63. The van der Waals surface area contributed by atoms with Crippen molar-refractivity contribution < 1.29 is 23.1 Å². The van der Waals surface area contributed by atoms with Crippen molar-refractivity contribution in [2.75, 3.05) is 23.9 Å². The van der Waals surface area contributed by atoms with Gasteiger partial charge in [-0.1, -0.05) is 45.2 Å². The highest BCUT2D eigenvalue weighted by Gasteiger charge is 2.55. The summed E-state index contributed by atoms with van der Waals surface area (Å²) in [6, 6.07) is 8.12. The number of anilines is 1. The molecule has 3 N–H and O–H groups in total. The number of thioether (sulfide) groups is 1. The van der Waals surface area contributed by atoms with E-state index in [9.17, 15) is 23.1 Å². The van der Waals surface area contributed by atoms with Crippen LogP contribution in [0.5, 0.6) is 0 Å². The average molecular weight is 546 g/mol. The van der Waals surface area contributed by atoms with E-state index in [0.29, 0.717) is 15.9 Å². The minimum Gasteiger partial charge on any atom is -0.381 e. The molecule has 0 aliphatic rings. The van der Waals surface area contributed by atoms with Crippen LogP contribution in [0.1, 0.15) is 11.1 Å². The standard InChI is InChI=1S/C19H18BrCl2F3N2O2S/c1-30-9-17(28)26-8-11-2-3-15(7-16(11)20)27-10-18(29,19(23,24)25)12-4-13(21)6-14(22)5-12/h2-7,27,29H,8-10H2,1H3,(H,26,28)/t18-/m1/s1. The van der Waals surface area contributed by atoms with Crippen LogP contribution in [0.3, 0.4) is 0 Å². The lowest BCUT2D eigenvalue weighted by Gasteiger charge is -2.32. The molecule has 0 radical (unpaired) electrons. The van der Waals surface area contributed by atoms with Gasteiger partial charge >= 0.3 is 6.18 Å². The summed E-state index contributed by atoms with van der Waals surface area (Å²) in [5.41, 5.74) is -2.58. The van der Waals surface area contributed by atoms with Crippen LogP contribution in [0.2, 0.25) is 10.0 Å². The fraction of sp³-hybridized carbons (Fsp3) is 0.316. The number of nitrogens with one attached hydrogen (secondary N) is 2. The van der Waals surface area contributed by atoms with E-state index < -0.39 is 23.9 Å². The van der Waals surface area contributed by atoms with E-state index >= 15 is 0 Å². The maximum Gasteiger partial charge on any atom is 0.423 e. The zero-order valence-electron chi connectivity index (χ0n) is 15.6. The first-order chi connectivity index (χ1) is 14.0. The highest BCUT2D eigenvalue weighted by molar-refractivity contribution is 9.10. The van der Waals surface area contributed by atoms with E-state index in [1.807, 2.05) is 6.26 Å². The van der Waals surface area contributed by atoms with Gasteiger partial charge in [0.15, 0.2) is 0 Å². The smallest absolute Gasteiger partial charge is 0.381 e. The Morgan fingerprint density at radius 2 is 1.80 bits per heavy atom. The number of hydrogen-bond donors (Lipinski definition) is 3. The number of carbonyl (C=O) groups excluding carboxylic acids is 1. The Kier molecular flexibility index (Phi) is 8.76. The molecule has 1 atom stereocenters. The third-order valence-corrected chi connectivity index (χ3v) is 5.89. The van der Waals surface area contributed by atoms with Gasteiger partial charge in [0, 0.05) is 26.8 Å². The van der Waals surface area contributed by atoms with Gasteiger partial charge in [-0.2, -0.15) is 24.9 Å². The van der Waals surface area contributed by atoms with Crippen molar-refractivity contribution >= 4 is 62.5 Å². The zero-order chi connectivity index (χ0) is 22.5. The number of rotatable bonds is 8. The Morgan fingerprint density at radius 3 is 2.33 bits per heavy atom. The topological polar surface area (TPSA) is 61.4 Å². The number of aliphatic hydroxyl groups is 1. The maximum absolute atomic E-state index is 13.7. The van der Waals surface area contributed by atoms with Crippen molar-refractivity contribution in [3.63, 3.8) is 0 Å². The molecule has 30 heavy (non-hydrogen) atoms. The van der Waals surface area contributed by atoms with Gasteiger partial charge in [-0.25, -0.2) is 0 Å². The quantitative estimate of drug-likeness (QED) is 0.404. The Labute approximate surface area is 194 Å². The molecular formula is C19H18BrCl2F3N2O2S. The van der Waals surface area contributed by atoms with Crippen LogP contribution < -0.4 is 10.6 Å². The van der Waals surface area contributed by atoms with Crippen LogP contribution in [-0.4, -0.2) is 35.7 Å². The van der Waals surface area contributed by atoms with Crippen molar-refractivity contribution in [3.8, 4) is 0 Å². The SMILES string of the molecule is CSCC(=O)NCc1ccc(NC[C@@](O)(c2cc(Cl)cc(Cl)c2)C(F)(F)F)cc1Br. The molecule has 0 unspecified atom stereocenters. The lowest BCUT2D eigenvalue weighted by atomic mass is 9.92. The summed E-state index contributed by atoms with van der Waals surface area (Å²) in [5.74, 6) is 0.216. The van der Waals surface area contributed by atoms with E-state index in [2.05, 4.69) is 26.6 Å². The number of carbonyl (C=O) groups is 1. The first-order valence-electron chi connectivity index (χ1n) is 8.50. The summed E-state index contributed by atoms with van der Waals surface area (Å²) in [5, 5.41) is 15.8. The van der Waals surface area contributed by atoms with Gasteiger partial charge in [0.2, 0.25) is 11.5 Å². The molecule has 0 bridgehead atoms. The van der Waals surface area contributed by atoms with Crippen LogP contribution in [0.4, 0.5) is 18.9 Å². The van der Waals surface area contributed by atoms with Crippen LogP contribution in [0, 0.1) is 0 Å². The van der Waals surface area contributed by atoms with Crippen LogP contribution >= 0.6 is 50.9 Å². The Balaban J connectivity index is 2.18. The summed E-state index contributed by atoms with van der Waals surface area (Å²) < 4.78 is 41.7. The predicted molar refractivity (Wildman–Crippen MR) is 119 cm³/mol. The summed E-state index contributed by atoms with van der Waals surface area (Å²) in [6.45, 7) is -0.586. The van der Waals surface area contributed by atoms with Gasteiger partial charge in [-0.15, -0.1) is 0 Å². The number of hydrogen-bond acceptors (Lipinski definition) is 4. The molecule has 0 saturated heterocycles. The predicted octanol–water partition coefficient (Wildman–Crippen LogP) is 5.60. The number of amides is 1.